The highest BCUT2D eigenvalue weighted by Crippen LogP contribution is 2.40. The molecular formula is C23H20N2O5. The molecule has 1 unspecified atom stereocenters. The molecule has 1 amide bonds. The summed E-state index contributed by atoms with van der Waals surface area (Å²) in [6.45, 7) is 1.90. The molecule has 0 aliphatic carbocycles. The maximum Gasteiger partial charge on any atom is 0.296 e. The van der Waals surface area contributed by atoms with Gasteiger partial charge in [0, 0.05) is 18.0 Å². The molecule has 0 bridgehead atoms. The summed E-state index contributed by atoms with van der Waals surface area (Å²) in [6.07, 6.45) is 4.68. The lowest BCUT2D eigenvalue weighted by Gasteiger charge is -2.24. The summed E-state index contributed by atoms with van der Waals surface area (Å²) >= 11 is 0. The zero-order valence-corrected chi connectivity index (χ0v) is 16.5. The lowest BCUT2D eigenvalue weighted by atomic mass is 9.94. The molecule has 0 spiro atoms. The minimum Gasteiger partial charge on any atom is -0.507 e. The SMILES string of the molecule is COc1ccc(/C(O)=C2/C(=O)C(=O)N(Cc3ccco3)C2c2ccncc2)c(C)c1. The molecular weight excluding hydrogens is 384 g/mol. The molecule has 3 aromatic rings. The normalized spacial score (nSPS) is 18.1. The van der Waals surface area contributed by atoms with Crippen molar-refractivity contribution in [2.75, 3.05) is 7.11 Å². The summed E-state index contributed by atoms with van der Waals surface area (Å²) in [6, 6.07) is 11.3. The van der Waals surface area contributed by atoms with Gasteiger partial charge >= 0.3 is 0 Å². The number of carbonyl (C=O) groups is 2. The number of aryl methyl sites for hydroxylation is 1. The molecule has 7 heteroatoms. The highest BCUT2D eigenvalue weighted by molar-refractivity contribution is 6.46. The van der Waals surface area contributed by atoms with Gasteiger partial charge in [-0.3, -0.25) is 14.6 Å². The van der Waals surface area contributed by atoms with Crippen LogP contribution in [0.15, 0.2) is 71.1 Å². The maximum absolute atomic E-state index is 13.0. The van der Waals surface area contributed by atoms with E-state index >= 15 is 0 Å². The molecule has 2 aromatic heterocycles. The molecule has 4 rings (SSSR count). The standard InChI is InChI=1S/C23H20N2O5/c1-14-12-16(29-2)5-6-18(14)21(26)19-20(15-7-9-24-10-8-15)25(23(28)22(19)27)13-17-4-3-11-30-17/h3-12,20,26H,13H2,1-2H3/b21-19-. The molecule has 1 fully saturated rings. The largest absolute Gasteiger partial charge is 0.507 e. The number of Topliss-reactive ketones (excluding diaryl/α,β-unsaturated/α-hetero) is 1. The van der Waals surface area contributed by atoms with Crippen LogP contribution in [0, 0.1) is 6.92 Å². The summed E-state index contributed by atoms with van der Waals surface area (Å²) in [5, 5.41) is 11.1. The first-order valence-corrected chi connectivity index (χ1v) is 9.37. The fraction of sp³-hybridized carbons (Fsp3) is 0.174. The van der Waals surface area contributed by atoms with Crippen LogP contribution in [0.4, 0.5) is 0 Å². The molecule has 152 valence electrons. The maximum atomic E-state index is 13.0. The van der Waals surface area contributed by atoms with Gasteiger partial charge in [-0.1, -0.05) is 0 Å². The average molecular weight is 404 g/mol. The first kappa shape index (κ1) is 19.4. The lowest BCUT2D eigenvalue weighted by Crippen LogP contribution is -2.29. The van der Waals surface area contributed by atoms with Crippen LogP contribution in [0.5, 0.6) is 5.75 Å². The number of aliphatic hydroxyl groups is 1. The fourth-order valence-corrected chi connectivity index (χ4v) is 3.68. The highest BCUT2D eigenvalue weighted by atomic mass is 16.5. The summed E-state index contributed by atoms with van der Waals surface area (Å²) in [4.78, 5) is 31.3. The van der Waals surface area contributed by atoms with Crippen molar-refractivity contribution in [2.45, 2.75) is 19.5 Å². The van der Waals surface area contributed by atoms with Crippen LogP contribution in [-0.2, 0) is 16.1 Å². The third-order valence-corrected chi connectivity index (χ3v) is 5.16. The Morgan fingerprint density at radius 2 is 1.97 bits per heavy atom. The first-order chi connectivity index (χ1) is 14.5. The van der Waals surface area contributed by atoms with E-state index in [4.69, 9.17) is 9.15 Å². The molecule has 3 heterocycles. The fourth-order valence-electron chi connectivity index (χ4n) is 3.68. The number of ketones is 1. The minimum absolute atomic E-state index is 0.0334. The van der Waals surface area contributed by atoms with Crippen molar-refractivity contribution in [3.05, 3.63) is 89.1 Å². The molecule has 0 saturated carbocycles. The highest BCUT2D eigenvalue weighted by Gasteiger charge is 2.46. The third kappa shape index (κ3) is 3.34. The van der Waals surface area contributed by atoms with Gasteiger partial charge in [-0.15, -0.1) is 0 Å². The quantitative estimate of drug-likeness (QED) is 0.397. The van der Waals surface area contributed by atoms with Crippen molar-refractivity contribution in [1.29, 1.82) is 0 Å². The predicted molar refractivity (Wildman–Crippen MR) is 109 cm³/mol. The van der Waals surface area contributed by atoms with Crippen molar-refractivity contribution in [2.24, 2.45) is 0 Å². The predicted octanol–water partition coefficient (Wildman–Crippen LogP) is 3.61. The van der Waals surface area contributed by atoms with Crippen LogP contribution in [0.3, 0.4) is 0 Å². The zero-order valence-electron chi connectivity index (χ0n) is 16.5. The monoisotopic (exact) mass is 404 g/mol. The third-order valence-electron chi connectivity index (χ3n) is 5.16. The Bertz CT molecular complexity index is 1120. The number of methoxy groups -OCH3 is 1. The van der Waals surface area contributed by atoms with Gasteiger partial charge in [0.25, 0.3) is 11.7 Å². The van der Waals surface area contributed by atoms with Crippen LogP contribution in [0.1, 0.15) is 28.5 Å². The number of nitrogens with zero attached hydrogens (tertiary/aromatic N) is 2. The van der Waals surface area contributed by atoms with Crippen molar-refractivity contribution in [3.8, 4) is 5.75 Å². The van der Waals surface area contributed by atoms with E-state index in [9.17, 15) is 14.7 Å². The first-order valence-electron chi connectivity index (χ1n) is 9.37. The second-order valence-electron chi connectivity index (χ2n) is 6.97. The topological polar surface area (TPSA) is 92.9 Å². The van der Waals surface area contributed by atoms with Gasteiger partial charge in [0.1, 0.15) is 17.3 Å². The zero-order chi connectivity index (χ0) is 21.3. The van der Waals surface area contributed by atoms with Gasteiger partial charge in [-0.05, 0) is 60.5 Å². The number of benzene rings is 1. The molecule has 1 N–H and O–H groups in total. The molecule has 1 aliphatic heterocycles. The molecule has 1 saturated heterocycles. The second-order valence-corrected chi connectivity index (χ2v) is 6.97. The number of hydrogen-bond donors (Lipinski definition) is 1. The van der Waals surface area contributed by atoms with Crippen LogP contribution in [0.2, 0.25) is 0 Å². The van der Waals surface area contributed by atoms with E-state index in [0.29, 0.717) is 22.6 Å². The van der Waals surface area contributed by atoms with Crippen molar-refractivity contribution >= 4 is 17.4 Å². The van der Waals surface area contributed by atoms with E-state index in [0.717, 1.165) is 5.56 Å². The Morgan fingerprint density at radius 3 is 2.60 bits per heavy atom. The Kier molecular flexibility index (Phi) is 5.10. The van der Waals surface area contributed by atoms with Crippen LogP contribution >= 0.6 is 0 Å². The van der Waals surface area contributed by atoms with E-state index < -0.39 is 17.7 Å². The number of amides is 1. The lowest BCUT2D eigenvalue weighted by molar-refractivity contribution is -0.140. The summed E-state index contributed by atoms with van der Waals surface area (Å²) < 4.78 is 10.6. The Morgan fingerprint density at radius 1 is 1.20 bits per heavy atom. The van der Waals surface area contributed by atoms with Gasteiger partial charge in [-0.2, -0.15) is 0 Å². The summed E-state index contributed by atoms with van der Waals surface area (Å²) in [7, 11) is 1.55. The van der Waals surface area contributed by atoms with Crippen LogP contribution < -0.4 is 4.74 Å². The number of aromatic nitrogens is 1. The second kappa shape index (κ2) is 7.87. The van der Waals surface area contributed by atoms with Gasteiger partial charge in [-0.25, -0.2) is 0 Å². The van der Waals surface area contributed by atoms with Crippen molar-refractivity contribution in [3.63, 3.8) is 0 Å². The number of furan rings is 1. The van der Waals surface area contributed by atoms with Gasteiger partial charge < -0.3 is 19.2 Å². The molecule has 1 aromatic carbocycles. The number of ether oxygens (including phenoxy) is 1. The molecule has 7 nitrogen and oxygen atoms in total. The number of aliphatic hydroxyl groups excluding tert-OH is 1. The van der Waals surface area contributed by atoms with E-state index in [2.05, 4.69) is 4.98 Å². The molecule has 30 heavy (non-hydrogen) atoms. The van der Waals surface area contributed by atoms with Gasteiger partial charge in [0.2, 0.25) is 0 Å². The number of hydrogen-bond acceptors (Lipinski definition) is 6. The van der Waals surface area contributed by atoms with E-state index in [1.807, 2.05) is 0 Å². The summed E-state index contributed by atoms with van der Waals surface area (Å²) in [5.74, 6) is -0.487. The van der Waals surface area contributed by atoms with E-state index in [-0.39, 0.29) is 17.9 Å². The number of likely N-dealkylation sites (tertiary alicyclic amines) is 1. The van der Waals surface area contributed by atoms with Crippen molar-refractivity contribution < 1.29 is 23.8 Å². The Labute approximate surface area is 173 Å². The van der Waals surface area contributed by atoms with E-state index in [1.54, 1.807) is 68.9 Å². The number of pyridine rings is 1. The van der Waals surface area contributed by atoms with Gasteiger partial charge in [0.05, 0.1) is 31.5 Å². The average Bonchev–Trinajstić information content (AvgIpc) is 3.36. The number of carbonyl (C=O) groups excluding carboxylic acids is 2. The Balaban J connectivity index is 1.87. The smallest absolute Gasteiger partial charge is 0.296 e. The number of rotatable bonds is 5. The Hall–Kier alpha value is -3.87. The molecule has 0 radical (unpaired) electrons. The minimum atomic E-state index is -0.764. The van der Waals surface area contributed by atoms with Crippen molar-refractivity contribution in [1.82, 2.24) is 9.88 Å². The van der Waals surface area contributed by atoms with Crippen LogP contribution in [0.25, 0.3) is 5.76 Å². The van der Waals surface area contributed by atoms with E-state index in [1.165, 1.54) is 11.2 Å². The van der Waals surface area contributed by atoms with Gasteiger partial charge in [0.15, 0.2) is 0 Å². The molecule has 1 aliphatic rings. The molecule has 1 atom stereocenters. The summed E-state index contributed by atoms with van der Waals surface area (Å²) in [5.41, 5.74) is 1.89. The van der Waals surface area contributed by atoms with Crippen LogP contribution in [-0.4, -0.2) is 33.8 Å².